The number of rotatable bonds is 9. The number of alkyl carbamates (subject to hydrolysis) is 1. The summed E-state index contributed by atoms with van der Waals surface area (Å²) < 4.78 is 72.3. The van der Waals surface area contributed by atoms with E-state index >= 15 is 0 Å². The molecule has 0 aromatic heterocycles. The highest BCUT2D eigenvalue weighted by Crippen LogP contribution is 2.37. The predicted octanol–water partition coefficient (Wildman–Crippen LogP) is 1.95. The molecule has 220 valence electrons. The van der Waals surface area contributed by atoms with E-state index in [2.05, 4.69) is 20.7 Å². The monoisotopic (exact) mass is 560 g/mol. The summed E-state index contributed by atoms with van der Waals surface area (Å²) in [6.45, 7) is 4.86. The maximum Gasteiger partial charge on any atom is 0.407 e. The number of hydrogen-bond donors (Lipinski definition) is 4. The highest BCUT2D eigenvalue weighted by atomic mass is 19.4. The maximum absolute atomic E-state index is 13.6. The first kappa shape index (κ1) is 33.3. The first-order valence-corrected chi connectivity index (χ1v) is 12.0. The van der Waals surface area contributed by atoms with Gasteiger partial charge >= 0.3 is 12.3 Å². The molecule has 0 radical (unpaired) electrons. The smallest absolute Gasteiger partial charge is 0.407 e. The third-order valence-corrected chi connectivity index (χ3v) is 6.33. The fraction of sp³-hybridized carbons (Fsp3) is 0.826. The summed E-state index contributed by atoms with van der Waals surface area (Å²) in [5, 5.41) is 17.0. The molecule has 1 saturated heterocycles. The number of aliphatic hydroxyl groups is 1. The van der Waals surface area contributed by atoms with Crippen molar-refractivity contribution in [1.29, 1.82) is 0 Å². The van der Waals surface area contributed by atoms with Crippen LogP contribution in [0.1, 0.15) is 53.4 Å². The molecule has 4 amide bonds. The molecule has 0 aromatic carbocycles. The Bertz CT molecular complexity index is 859. The van der Waals surface area contributed by atoms with Gasteiger partial charge in [0, 0.05) is 20.0 Å². The topological polar surface area (TPSA) is 137 Å². The molecule has 0 aromatic rings. The Hall–Kier alpha value is -2.71. The van der Waals surface area contributed by atoms with Crippen LogP contribution in [0.5, 0.6) is 0 Å². The SMILES string of the molecule is CNC(=O)C(O)[C@H](CCC(C)(F)F)NC(=O)[C@@H]1C[C@H](C(F)(F)F)CCN1C(=O)[C@@H](NC(=O)OC)C(C)(C)C. The van der Waals surface area contributed by atoms with Crippen molar-refractivity contribution in [3.8, 4) is 0 Å². The molecule has 0 saturated carbocycles. The van der Waals surface area contributed by atoms with Gasteiger partial charge in [-0.05, 0) is 31.6 Å². The van der Waals surface area contributed by atoms with Crippen molar-refractivity contribution in [2.45, 2.75) is 89.7 Å². The summed E-state index contributed by atoms with van der Waals surface area (Å²) in [6.07, 6.45) is -10.4. The van der Waals surface area contributed by atoms with Gasteiger partial charge in [0.15, 0.2) is 6.10 Å². The minimum absolute atomic E-state index is 0.494. The first-order valence-electron chi connectivity index (χ1n) is 12.0. The highest BCUT2D eigenvalue weighted by Gasteiger charge is 2.49. The number of hydrogen-bond acceptors (Lipinski definition) is 6. The van der Waals surface area contributed by atoms with E-state index in [9.17, 15) is 46.2 Å². The number of piperidine rings is 1. The van der Waals surface area contributed by atoms with Crippen LogP contribution in [0, 0.1) is 11.3 Å². The fourth-order valence-corrected chi connectivity index (χ4v) is 4.09. The minimum atomic E-state index is -4.69. The molecule has 1 unspecified atom stereocenters. The normalized spacial score (nSPS) is 21.1. The van der Waals surface area contributed by atoms with Crippen LogP contribution < -0.4 is 16.0 Å². The van der Waals surface area contributed by atoms with Gasteiger partial charge in [-0.2, -0.15) is 13.2 Å². The Balaban J connectivity index is 3.37. The van der Waals surface area contributed by atoms with Gasteiger partial charge in [-0.1, -0.05) is 20.8 Å². The molecule has 15 heteroatoms. The van der Waals surface area contributed by atoms with E-state index in [1.165, 1.54) is 0 Å². The van der Waals surface area contributed by atoms with E-state index in [4.69, 9.17) is 0 Å². The molecular weight excluding hydrogens is 523 g/mol. The van der Waals surface area contributed by atoms with Gasteiger partial charge in [-0.3, -0.25) is 14.4 Å². The van der Waals surface area contributed by atoms with Gasteiger partial charge in [0.05, 0.1) is 19.1 Å². The standard InChI is InChI=1S/C23H37F5N4O6/c1-21(2,3)16(31-20(37)38-6)19(36)32-10-8-12(23(26,27)28)11-14(32)17(34)30-13(7-9-22(4,24)25)15(33)18(35)29-5/h12-16,33H,7-11H2,1-6H3,(H,29,35)(H,30,34)(H,31,37)/t12-,13+,14+,15?,16-/m1/s1. The average molecular weight is 561 g/mol. The molecule has 1 fully saturated rings. The van der Waals surface area contributed by atoms with E-state index in [1.807, 2.05) is 0 Å². The van der Waals surface area contributed by atoms with E-state index in [-0.39, 0.29) is 0 Å². The molecule has 0 spiro atoms. The zero-order chi connectivity index (χ0) is 29.6. The van der Waals surface area contributed by atoms with Crippen LogP contribution in [-0.2, 0) is 19.1 Å². The summed E-state index contributed by atoms with van der Waals surface area (Å²) in [5.74, 6) is -8.20. The van der Waals surface area contributed by atoms with Crippen LogP contribution in [0.4, 0.5) is 26.7 Å². The van der Waals surface area contributed by atoms with Crippen LogP contribution in [-0.4, -0.2) is 90.9 Å². The Morgan fingerprint density at radius 3 is 2.08 bits per heavy atom. The number of nitrogens with zero attached hydrogens (tertiary/aromatic N) is 1. The number of halogens is 5. The van der Waals surface area contributed by atoms with Crippen LogP contribution in [0.3, 0.4) is 0 Å². The zero-order valence-electron chi connectivity index (χ0n) is 22.2. The number of methoxy groups -OCH3 is 1. The predicted molar refractivity (Wildman–Crippen MR) is 125 cm³/mol. The van der Waals surface area contributed by atoms with Crippen LogP contribution in [0.2, 0.25) is 0 Å². The minimum Gasteiger partial charge on any atom is -0.453 e. The second-order valence-electron chi connectivity index (χ2n) is 10.5. The highest BCUT2D eigenvalue weighted by molar-refractivity contribution is 5.92. The molecule has 1 aliphatic heterocycles. The second kappa shape index (κ2) is 12.9. The summed E-state index contributed by atoms with van der Waals surface area (Å²) in [4.78, 5) is 51.5. The third-order valence-electron chi connectivity index (χ3n) is 6.33. The largest absolute Gasteiger partial charge is 0.453 e. The molecule has 0 bridgehead atoms. The van der Waals surface area contributed by atoms with Crippen LogP contribution >= 0.6 is 0 Å². The second-order valence-corrected chi connectivity index (χ2v) is 10.5. The first-order chi connectivity index (χ1) is 17.2. The number of carbonyl (C=O) groups excluding carboxylic acids is 4. The quantitative estimate of drug-likeness (QED) is 0.318. The lowest BCUT2D eigenvalue weighted by Crippen LogP contribution is -2.63. The zero-order valence-corrected chi connectivity index (χ0v) is 22.2. The molecule has 1 aliphatic rings. The number of carbonyl (C=O) groups is 4. The lowest BCUT2D eigenvalue weighted by molar-refractivity contribution is -0.193. The van der Waals surface area contributed by atoms with Crippen molar-refractivity contribution in [3.05, 3.63) is 0 Å². The van der Waals surface area contributed by atoms with Crippen molar-refractivity contribution in [2.75, 3.05) is 20.7 Å². The third kappa shape index (κ3) is 9.55. The average Bonchev–Trinajstić information content (AvgIpc) is 2.80. The van der Waals surface area contributed by atoms with E-state index < -0.39 is 104 Å². The molecule has 10 nitrogen and oxygen atoms in total. The van der Waals surface area contributed by atoms with Crippen LogP contribution in [0.15, 0.2) is 0 Å². The summed E-state index contributed by atoms with van der Waals surface area (Å²) in [7, 11) is 2.22. The van der Waals surface area contributed by atoms with Crippen molar-refractivity contribution < 1.29 is 51.0 Å². The number of nitrogens with one attached hydrogen (secondary N) is 3. The Morgan fingerprint density at radius 2 is 1.63 bits per heavy atom. The number of likely N-dealkylation sites (N-methyl/N-ethyl adjacent to an activating group) is 1. The Kier molecular flexibility index (Phi) is 11.3. The maximum atomic E-state index is 13.6. The fourth-order valence-electron chi connectivity index (χ4n) is 4.09. The van der Waals surface area contributed by atoms with Gasteiger partial charge in [0.25, 0.3) is 5.91 Å². The van der Waals surface area contributed by atoms with Crippen molar-refractivity contribution in [1.82, 2.24) is 20.9 Å². The number of alkyl halides is 5. The summed E-state index contributed by atoms with van der Waals surface area (Å²) in [6, 6.07) is -4.60. The Morgan fingerprint density at radius 1 is 1.05 bits per heavy atom. The van der Waals surface area contributed by atoms with E-state index in [0.717, 1.165) is 19.1 Å². The van der Waals surface area contributed by atoms with Gasteiger partial charge < -0.3 is 30.7 Å². The Labute approximate surface area is 218 Å². The molecule has 1 heterocycles. The lowest BCUT2D eigenvalue weighted by Gasteiger charge is -2.43. The number of amides is 4. The van der Waals surface area contributed by atoms with Gasteiger partial charge in [0.2, 0.25) is 17.7 Å². The lowest BCUT2D eigenvalue weighted by atomic mass is 9.83. The van der Waals surface area contributed by atoms with Crippen LogP contribution in [0.25, 0.3) is 0 Å². The molecule has 1 rings (SSSR count). The molecular formula is C23H37F5N4O6. The summed E-state index contributed by atoms with van der Waals surface area (Å²) in [5.41, 5.74) is -0.947. The van der Waals surface area contributed by atoms with Crippen molar-refractivity contribution in [2.24, 2.45) is 11.3 Å². The molecule has 5 atom stereocenters. The van der Waals surface area contributed by atoms with Gasteiger partial charge in [-0.15, -0.1) is 0 Å². The van der Waals surface area contributed by atoms with Gasteiger partial charge in [0.1, 0.15) is 12.1 Å². The molecule has 4 N–H and O–H groups in total. The summed E-state index contributed by atoms with van der Waals surface area (Å²) >= 11 is 0. The molecule has 0 aliphatic carbocycles. The number of aliphatic hydroxyl groups excluding tert-OH is 1. The van der Waals surface area contributed by atoms with E-state index in [0.29, 0.717) is 6.92 Å². The van der Waals surface area contributed by atoms with E-state index in [1.54, 1.807) is 20.8 Å². The number of ether oxygens (including phenoxy) is 1. The molecule has 38 heavy (non-hydrogen) atoms. The van der Waals surface area contributed by atoms with Crippen molar-refractivity contribution in [3.63, 3.8) is 0 Å². The van der Waals surface area contributed by atoms with Crippen molar-refractivity contribution >= 4 is 23.8 Å². The number of likely N-dealkylation sites (tertiary alicyclic amines) is 1. The van der Waals surface area contributed by atoms with Gasteiger partial charge in [-0.25, -0.2) is 13.6 Å².